The van der Waals surface area contributed by atoms with Gasteiger partial charge in [-0.1, -0.05) is 0 Å². The van der Waals surface area contributed by atoms with E-state index in [1.165, 1.54) is 11.5 Å². The minimum absolute atomic E-state index is 0.197. The summed E-state index contributed by atoms with van der Waals surface area (Å²) >= 11 is 1.47. The number of hydrogen-bond acceptors (Lipinski definition) is 7. The molecule has 0 aromatic carbocycles. The SMILES string of the molecule is Cc1nsc(N2CCC(Oc3ccn4nccc4n3)CC2)n1. The molecular formula is C14H16N6OS. The topological polar surface area (TPSA) is 68.4 Å². The molecule has 1 aliphatic rings. The second kappa shape index (κ2) is 5.53. The molecule has 4 heterocycles. The molecule has 3 aromatic rings. The highest BCUT2D eigenvalue weighted by molar-refractivity contribution is 7.09. The summed E-state index contributed by atoms with van der Waals surface area (Å²) in [4.78, 5) is 11.2. The number of ether oxygens (including phenoxy) is 1. The Bertz CT molecular complexity index is 776. The lowest BCUT2D eigenvalue weighted by Gasteiger charge is -2.31. The second-order valence-corrected chi connectivity index (χ2v) is 6.06. The molecule has 1 saturated heterocycles. The maximum atomic E-state index is 6.01. The first-order valence-electron chi connectivity index (χ1n) is 7.30. The molecule has 3 aromatic heterocycles. The molecule has 0 amide bonds. The lowest BCUT2D eigenvalue weighted by molar-refractivity contribution is 0.164. The van der Waals surface area contributed by atoms with Crippen molar-refractivity contribution >= 4 is 22.3 Å². The molecule has 0 bridgehead atoms. The van der Waals surface area contributed by atoms with Crippen LogP contribution < -0.4 is 9.64 Å². The van der Waals surface area contributed by atoms with E-state index in [9.17, 15) is 0 Å². The number of nitrogens with zero attached hydrogens (tertiary/aromatic N) is 6. The van der Waals surface area contributed by atoms with Crippen LogP contribution in [0.5, 0.6) is 5.88 Å². The van der Waals surface area contributed by atoms with Crippen molar-refractivity contribution in [3.8, 4) is 5.88 Å². The number of fused-ring (bicyclic) bond motifs is 1. The Hall–Kier alpha value is -2.22. The third-order valence-corrected chi connectivity index (χ3v) is 4.62. The molecule has 1 fully saturated rings. The molecule has 4 rings (SSSR count). The lowest BCUT2D eigenvalue weighted by atomic mass is 10.1. The zero-order chi connectivity index (χ0) is 14.9. The fourth-order valence-electron chi connectivity index (χ4n) is 2.61. The lowest BCUT2D eigenvalue weighted by Crippen LogP contribution is -2.38. The zero-order valence-electron chi connectivity index (χ0n) is 12.2. The minimum atomic E-state index is 0.197. The van der Waals surface area contributed by atoms with Crippen molar-refractivity contribution < 1.29 is 4.74 Å². The van der Waals surface area contributed by atoms with Gasteiger partial charge in [-0.05, 0) is 6.92 Å². The van der Waals surface area contributed by atoms with Crippen LogP contribution in [0.25, 0.3) is 5.65 Å². The summed E-state index contributed by atoms with van der Waals surface area (Å²) in [7, 11) is 0. The molecule has 114 valence electrons. The van der Waals surface area contributed by atoms with E-state index in [0.29, 0.717) is 5.88 Å². The van der Waals surface area contributed by atoms with Crippen LogP contribution >= 0.6 is 11.5 Å². The average Bonchev–Trinajstić information content (AvgIpc) is 3.16. The number of piperidine rings is 1. The minimum Gasteiger partial charge on any atom is -0.474 e. The molecule has 0 N–H and O–H groups in total. The van der Waals surface area contributed by atoms with Crippen molar-refractivity contribution in [1.29, 1.82) is 0 Å². The van der Waals surface area contributed by atoms with E-state index >= 15 is 0 Å². The highest BCUT2D eigenvalue weighted by Gasteiger charge is 2.23. The van der Waals surface area contributed by atoms with Gasteiger partial charge in [0, 0.05) is 55.8 Å². The van der Waals surface area contributed by atoms with Crippen LogP contribution in [0.3, 0.4) is 0 Å². The van der Waals surface area contributed by atoms with Gasteiger partial charge in [-0.15, -0.1) is 0 Å². The van der Waals surface area contributed by atoms with Crippen LogP contribution in [0.15, 0.2) is 24.5 Å². The molecule has 0 radical (unpaired) electrons. The average molecular weight is 316 g/mol. The van der Waals surface area contributed by atoms with Crippen molar-refractivity contribution in [1.82, 2.24) is 24.0 Å². The van der Waals surface area contributed by atoms with Crippen molar-refractivity contribution in [3.05, 3.63) is 30.4 Å². The van der Waals surface area contributed by atoms with E-state index < -0.39 is 0 Å². The fraction of sp³-hybridized carbons (Fsp3) is 0.429. The first-order chi connectivity index (χ1) is 10.8. The van der Waals surface area contributed by atoms with Gasteiger partial charge in [0.15, 0.2) is 5.65 Å². The van der Waals surface area contributed by atoms with Gasteiger partial charge in [0.2, 0.25) is 11.0 Å². The van der Waals surface area contributed by atoms with Gasteiger partial charge in [0.25, 0.3) is 0 Å². The molecule has 8 heteroatoms. The summed E-state index contributed by atoms with van der Waals surface area (Å²) in [6, 6.07) is 3.73. The summed E-state index contributed by atoms with van der Waals surface area (Å²) in [6.07, 6.45) is 5.73. The zero-order valence-corrected chi connectivity index (χ0v) is 13.0. The van der Waals surface area contributed by atoms with Crippen molar-refractivity contribution in [3.63, 3.8) is 0 Å². The van der Waals surface area contributed by atoms with Gasteiger partial charge < -0.3 is 9.64 Å². The Kier molecular flexibility index (Phi) is 3.38. The summed E-state index contributed by atoms with van der Waals surface area (Å²) in [5, 5.41) is 5.14. The number of anilines is 1. The van der Waals surface area contributed by atoms with Gasteiger partial charge in [-0.2, -0.15) is 14.5 Å². The van der Waals surface area contributed by atoms with Gasteiger partial charge >= 0.3 is 0 Å². The van der Waals surface area contributed by atoms with Crippen LogP contribution in [0.1, 0.15) is 18.7 Å². The molecule has 0 aliphatic carbocycles. The first-order valence-corrected chi connectivity index (χ1v) is 8.07. The van der Waals surface area contributed by atoms with Crippen molar-refractivity contribution in [2.24, 2.45) is 0 Å². The van der Waals surface area contributed by atoms with E-state index in [1.807, 2.05) is 25.3 Å². The molecule has 0 atom stereocenters. The molecule has 0 saturated carbocycles. The quantitative estimate of drug-likeness (QED) is 0.735. The number of hydrogen-bond donors (Lipinski definition) is 0. The highest BCUT2D eigenvalue weighted by atomic mass is 32.1. The van der Waals surface area contributed by atoms with Crippen molar-refractivity contribution in [2.45, 2.75) is 25.9 Å². The van der Waals surface area contributed by atoms with Crippen LogP contribution in [0.2, 0.25) is 0 Å². The van der Waals surface area contributed by atoms with Gasteiger partial charge in [-0.25, -0.2) is 9.50 Å². The number of aromatic nitrogens is 5. The second-order valence-electron chi connectivity index (χ2n) is 5.33. The Balaban J connectivity index is 1.39. The van der Waals surface area contributed by atoms with E-state index in [0.717, 1.165) is 42.5 Å². The smallest absolute Gasteiger partial charge is 0.217 e. The predicted molar refractivity (Wildman–Crippen MR) is 83.5 cm³/mol. The maximum Gasteiger partial charge on any atom is 0.217 e. The molecule has 7 nitrogen and oxygen atoms in total. The van der Waals surface area contributed by atoms with Crippen LogP contribution in [-0.4, -0.2) is 43.1 Å². The van der Waals surface area contributed by atoms with Crippen LogP contribution in [0.4, 0.5) is 5.13 Å². The number of rotatable bonds is 3. The van der Waals surface area contributed by atoms with E-state index in [1.54, 1.807) is 10.7 Å². The highest BCUT2D eigenvalue weighted by Crippen LogP contribution is 2.23. The predicted octanol–water partition coefficient (Wildman–Crippen LogP) is 1.94. The Morgan fingerprint density at radius 1 is 1.23 bits per heavy atom. The van der Waals surface area contributed by atoms with Gasteiger partial charge in [-0.3, -0.25) is 0 Å². The molecule has 0 unspecified atom stereocenters. The summed E-state index contributed by atoms with van der Waals surface area (Å²) < 4.78 is 12.0. The fourth-order valence-corrected chi connectivity index (χ4v) is 3.34. The third-order valence-electron chi connectivity index (χ3n) is 3.75. The maximum absolute atomic E-state index is 6.01. The third kappa shape index (κ3) is 2.61. The van der Waals surface area contributed by atoms with Crippen LogP contribution in [-0.2, 0) is 0 Å². The summed E-state index contributed by atoms with van der Waals surface area (Å²) in [5.74, 6) is 1.51. The van der Waals surface area contributed by atoms with Crippen LogP contribution in [0, 0.1) is 6.92 Å². The van der Waals surface area contributed by atoms with E-state index in [4.69, 9.17) is 4.74 Å². The summed E-state index contributed by atoms with van der Waals surface area (Å²) in [6.45, 7) is 3.80. The Labute approximate surface area is 131 Å². The largest absolute Gasteiger partial charge is 0.474 e. The Morgan fingerprint density at radius 2 is 2.09 bits per heavy atom. The molecular weight excluding hydrogens is 300 g/mol. The van der Waals surface area contributed by atoms with Crippen molar-refractivity contribution in [2.75, 3.05) is 18.0 Å². The Morgan fingerprint density at radius 3 is 2.86 bits per heavy atom. The molecule has 22 heavy (non-hydrogen) atoms. The monoisotopic (exact) mass is 316 g/mol. The number of aryl methyl sites for hydroxylation is 1. The normalized spacial score (nSPS) is 16.3. The molecule has 0 spiro atoms. The molecule has 1 aliphatic heterocycles. The van der Waals surface area contributed by atoms with E-state index in [-0.39, 0.29) is 6.10 Å². The summed E-state index contributed by atoms with van der Waals surface area (Å²) in [5.41, 5.74) is 0.805. The standard InChI is InChI=1S/C14H16N6OS/c1-10-16-14(22-18-10)19-7-3-11(4-8-19)21-13-5-9-20-12(17-13)2-6-15-20/h2,5-6,9,11H,3-4,7-8H2,1H3. The van der Waals surface area contributed by atoms with Gasteiger partial charge in [0.05, 0.1) is 6.20 Å². The first kappa shape index (κ1) is 13.4. The van der Waals surface area contributed by atoms with Gasteiger partial charge in [0.1, 0.15) is 11.9 Å². The van der Waals surface area contributed by atoms with E-state index in [2.05, 4.69) is 24.3 Å².